The van der Waals surface area contributed by atoms with Crippen molar-refractivity contribution in [3.63, 3.8) is 0 Å². The van der Waals surface area contributed by atoms with E-state index in [4.69, 9.17) is 11.6 Å². The van der Waals surface area contributed by atoms with Crippen molar-refractivity contribution in [3.05, 3.63) is 29.3 Å². The van der Waals surface area contributed by atoms with Crippen LogP contribution in [0.15, 0.2) is 29.2 Å². The second-order valence-electron chi connectivity index (χ2n) is 4.63. The Hall–Kier alpha value is -0.670. The maximum absolute atomic E-state index is 11.7. The highest BCUT2D eigenvalue weighted by atomic mass is 35.5. The van der Waals surface area contributed by atoms with Crippen molar-refractivity contribution in [3.8, 4) is 0 Å². The van der Waals surface area contributed by atoms with Gasteiger partial charge in [0.05, 0.1) is 5.02 Å². The molecule has 2 nitrogen and oxygen atoms in total. The van der Waals surface area contributed by atoms with E-state index in [1.165, 1.54) is 0 Å². The maximum Gasteiger partial charge on any atom is 0.221 e. The highest BCUT2D eigenvalue weighted by molar-refractivity contribution is 7.99. The molecule has 1 atom stereocenters. The third-order valence-electron chi connectivity index (χ3n) is 2.81. The van der Waals surface area contributed by atoms with Gasteiger partial charge in [0.25, 0.3) is 0 Å². The van der Waals surface area contributed by atoms with E-state index >= 15 is 0 Å². The van der Waals surface area contributed by atoms with E-state index in [0.717, 1.165) is 15.7 Å². The zero-order chi connectivity index (χ0) is 13.5. The lowest BCUT2D eigenvalue weighted by Crippen LogP contribution is -2.36. The smallest absolute Gasteiger partial charge is 0.221 e. The lowest BCUT2D eigenvalue weighted by molar-refractivity contribution is -0.121. The Morgan fingerprint density at radius 1 is 1.33 bits per heavy atom. The summed E-state index contributed by atoms with van der Waals surface area (Å²) >= 11 is 7.66. The van der Waals surface area contributed by atoms with Gasteiger partial charge in [-0.1, -0.05) is 37.6 Å². The molecule has 4 heteroatoms. The molecule has 100 valence electrons. The molecule has 0 aliphatic heterocycles. The van der Waals surface area contributed by atoms with E-state index in [2.05, 4.69) is 19.2 Å². The van der Waals surface area contributed by atoms with Crippen LogP contribution in [0.5, 0.6) is 0 Å². The van der Waals surface area contributed by atoms with Gasteiger partial charge in [-0.2, -0.15) is 0 Å². The van der Waals surface area contributed by atoms with E-state index in [-0.39, 0.29) is 11.9 Å². The molecule has 18 heavy (non-hydrogen) atoms. The molecule has 1 rings (SSSR count). The average Bonchev–Trinajstić information content (AvgIpc) is 2.31. The van der Waals surface area contributed by atoms with Crippen LogP contribution in [0.2, 0.25) is 5.02 Å². The molecular weight excluding hydrogens is 266 g/mol. The minimum Gasteiger partial charge on any atom is -0.353 e. The Balaban J connectivity index is 2.30. The summed E-state index contributed by atoms with van der Waals surface area (Å²) in [6.07, 6.45) is 0.521. The predicted molar refractivity (Wildman–Crippen MR) is 79.2 cm³/mol. The molecule has 0 fully saturated rings. The number of carbonyl (C=O) groups is 1. The van der Waals surface area contributed by atoms with Crippen molar-refractivity contribution in [2.24, 2.45) is 5.92 Å². The molecule has 0 aromatic heterocycles. The minimum absolute atomic E-state index is 0.107. The number of thioether (sulfide) groups is 1. The van der Waals surface area contributed by atoms with Crippen LogP contribution in [0.3, 0.4) is 0 Å². The number of hydrogen-bond donors (Lipinski definition) is 1. The summed E-state index contributed by atoms with van der Waals surface area (Å²) in [5.41, 5.74) is 0. The fraction of sp³-hybridized carbons (Fsp3) is 0.500. The van der Waals surface area contributed by atoms with Crippen LogP contribution in [0, 0.1) is 5.92 Å². The van der Waals surface area contributed by atoms with E-state index < -0.39 is 0 Å². The first-order valence-electron chi connectivity index (χ1n) is 6.17. The van der Waals surface area contributed by atoms with Crippen molar-refractivity contribution >= 4 is 29.3 Å². The molecule has 0 saturated heterocycles. The zero-order valence-corrected chi connectivity index (χ0v) is 12.6. The fourth-order valence-corrected chi connectivity index (χ4v) is 2.50. The Morgan fingerprint density at radius 2 is 2.00 bits per heavy atom. The van der Waals surface area contributed by atoms with Crippen LogP contribution >= 0.6 is 23.4 Å². The second-order valence-corrected chi connectivity index (χ2v) is 6.17. The topological polar surface area (TPSA) is 29.1 Å². The lowest BCUT2D eigenvalue weighted by atomic mass is 10.1. The van der Waals surface area contributed by atoms with Crippen LogP contribution < -0.4 is 5.32 Å². The highest BCUT2D eigenvalue weighted by Crippen LogP contribution is 2.26. The third-order valence-corrected chi connectivity index (χ3v) is 4.33. The second kappa shape index (κ2) is 7.70. The van der Waals surface area contributed by atoms with Crippen molar-refractivity contribution in [1.29, 1.82) is 0 Å². The molecule has 0 spiro atoms. The van der Waals surface area contributed by atoms with Gasteiger partial charge in [-0.3, -0.25) is 4.79 Å². The normalized spacial score (nSPS) is 12.5. The molecule has 1 N–H and O–H groups in total. The summed E-state index contributed by atoms with van der Waals surface area (Å²) in [5, 5.41) is 3.74. The van der Waals surface area contributed by atoms with Crippen molar-refractivity contribution in [2.75, 3.05) is 5.75 Å². The monoisotopic (exact) mass is 285 g/mol. The Kier molecular flexibility index (Phi) is 6.58. The first-order valence-corrected chi connectivity index (χ1v) is 7.53. The van der Waals surface area contributed by atoms with Gasteiger partial charge >= 0.3 is 0 Å². The molecule has 1 unspecified atom stereocenters. The lowest BCUT2D eigenvalue weighted by Gasteiger charge is -2.17. The number of nitrogens with one attached hydrogen (secondary N) is 1. The van der Waals surface area contributed by atoms with E-state index in [1.54, 1.807) is 11.8 Å². The van der Waals surface area contributed by atoms with Crippen LogP contribution in [-0.2, 0) is 4.79 Å². The number of amides is 1. The number of carbonyl (C=O) groups excluding carboxylic acids is 1. The summed E-state index contributed by atoms with van der Waals surface area (Å²) < 4.78 is 0. The van der Waals surface area contributed by atoms with Crippen LogP contribution in [0.1, 0.15) is 27.2 Å². The highest BCUT2D eigenvalue weighted by Gasteiger charge is 2.10. The number of hydrogen-bond acceptors (Lipinski definition) is 2. The number of rotatable bonds is 6. The minimum atomic E-state index is 0.107. The van der Waals surface area contributed by atoms with Gasteiger partial charge < -0.3 is 5.32 Å². The first kappa shape index (κ1) is 15.4. The molecule has 0 bridgehead atoms. The van der Waals surface area contributed by atoms with Gasteiger partial charge in [0.15, 0.2) is 0 Å². The van der Waals surface area contributed by atoms with Crippen molar-refractivity contribution < 1.29 is 4.79 Å². The SMILES string of the molecule is CC(C)C(C)NC(=O)CCSc1ccccc1Cl. The zero-order valence-electron chi connectivity index (χ0n) is 11.1. The van der Waals surface area contributed by atoms with E-state index in [9.17, 15) is 4.79 Å². The van der Waals surface area contributed by atoms with Crippen molar-refractivity contribution in [1.82, 2.24) is 5.32 Å². The predicted octanol–water partition coefficient (Wildman–Crippen LogP) is 3.98. The standard InChI is InChI=1S/C14H20ClNOS/c1-10(2)11(3)16-14(17)8-9-18-13-7-5-4-6-12(13)15/h4-7,10-11H,8-9H2,1-3H3,(H,16,17). The van der Waals surface area contributed by atoms with Gasteiger partial charge in [0, 0.05) is 23.1 Å². The first-order chi connectivity index (χ1) is 8.50. The molecule has 0 heterocycles. The van der Waals surface area contributed by atoms with Crippen LogP contribution in [-0.4, -0.2) is 17.7 Å². The van der Waals surface area contributed by atoms with Crippen LogP contribution in [0.4, 0.5) is 0 Å². The Morgan fingerprint density at radius 3 is 2.61 bits per heavy atom. The maximum atomic E-state index is 11.7. The summed E-state index contributed by atoms with van der Waals surface area (Å²) in [6.45, 7) is 6.23. The molecule has 1 aromatic rings. The summed E-state index contributed by atoms with van der Waals surface area (Å²) in [5.74, 6) is 1.32. The van der Waals surface area contributed by atoms with Gasteiger partial charge in [-0.25, -0.2) is 0 Å². The molecule has 1 aromatic carbocycles. The summed E-state index contributed by atoms with van der Waals surface area (Å²) in [6, 6.07) is 7.92. The Labute approximate surface area is 118 Å². The molecular formula is C14H20ClNOS. The van der Waals surface area contributed by atoms with Gasteiger partial charge in [0.2, 0.25) is 5.91 Å². The van der Waals surface area contributed by atoms with Gasteiger partial charge in [-0.05, 0) is 25.0 Å². The van der Waals surface area contributed by atoms with Gasteiger partial charge in [0.1, 0.15) is 0 Å². The molecule has 0 radical (unpaired) electrons. The Bertz CT molecular complexity index is 395. The summed E-state index contributed by atoms with van der Waals surface area (Å²) in [4.78, 5) is 12.7. The third kappa shape index (κ3) is 5.32. The average molecular weight is 286 g/mol. The molecule has 0 aliphatic carbocycles. The van der Waals surface area contributed by atoms with Crippen molar-refractivity contribution in [2.45, 2.75) is 38.1 Å². The van der Waals surface area contributed by atoms with Gasteiger partial charge in [-0.15, -0.1) is 11.8 Å². The number of halogens is 1. The summed E-state index contributed by atoms with van der Waals surface area (Å²) in [7, 11) is 0. The van der Waals surface area contributed by atoms with Crippen LogP contribution in [0.25, 0.3) is 0 Å². The molecule has 1 amide bonds. The largest absolute Gasteiger partial charge is 0.353 e. The molecule has 0 aliphatic rings. The molecule has 0 saturated carbocycles. The van der Waals surface area contributed by atoms with E-state index in [0.29, 0.717) is 12.3 Å². The fourth-order valence-electron chi connectivity index (χ4n) is 1.31. The number of benzene rings is 1. The van der Waals surface area contributed by atoms with E-state index in [1.807, 2.05) is 31.2 Å². The quantitative estimate of drug-likeness (QED) is 0.801.